The Morgan fingerprint density at radius 2 is 1.88 bits per heavy atom. The number of amides is 2. The molecular weight excluding hydrogens is 530 g/mol. The lowest BCUT2D eigenvalue weighted by Crippen LogP contribution is -2.56. The second-order valence-corrected chi connectivity index (χ2v) is 12.4. The number of nitrogens with zero attached hydrogens (tertiary/aromatic N) is 4. The van der Waals surface area contributed by atoms with Gasteiger partial charge in [0.05, 0.1) is 36.1 Å². The number of ether oxygens (including phenoxy) is 1. The van der Waals surface area contributed by atoms with Gasteiger partial charge in [0.25, 0.3) is 5.91 Å². The molecule has 2 aliphatic rings. The number of carbonyl (C=O) groups is 2. The van der Waals surface area contributed by atoms with Gasteiger partial charge < -0.3 is 29.8 Å². The number of fused-ring (bicyclic) bond motifs is 2. The Kier molecular flexibility index (Phi) is 7.43. The summed E-state index contributed by atoms with van der Waals surface area (Å²) in [5, 5.41) is 10.5. The molecule has 0 saturated carbocycles. The van der Waals surface area contributed by atoms with E-state index in [1.54, 1.807) is 13.2 Å². The summed E-state index contributed by atoms with van der Waals surface area (Å²) in [6.45, 7) is 8.42. The molecule has 1 fully saturated rings. The first kappa shape index (κ1) is 28.2. The average Bonchev–Trinajstić information content (AvgIpc) is 3.47. The molecule has 222 valence electrons. The molecule has 0 aliphatic carbocycles. The number of carbonyl (C=O) groups excluding carboxylic acids is 2. The van der Waals surface area contributed by atoms with Gasteiger partial charge in [0.15, 0.2) is 5.82 Å². The fourth-order valence-corrected chi connectivity index (χ4v) is 6.05. The van der Waals surface area contributed by atoms with Crippen LogP contribution in [0.3, 0.4) is 0 Å². The Bertz CT molecular complexity index is 1660. The Labute approximate surface area is 246 Å². The number of hydrogen-bond donors (Lipinski definition) is 3. The lowest BCUT2D eigenvalue weighted by Gasteiger charge is -2.27. The molecule has 42 heavy (non-hydrogen) atoms. The van der Waals surface area contributed by atoms with E-state index in [0.717, 1.165) is 85.5 Å². The maximum atomic E-state index is 13.1. The molecule has 0 unspecified atom stereocenters. The van der Waals surface area contributed by atoms with E-state index < -0.39 is 5.41 Å². The number of aromatic nitrogens is 4. The zero-order chi connectivity index (χ0) is 29.6. The molecule has 0 spiro atoms. The van der Waals surface area contributed by atoms with Crippen LogP contribution >= 0.6 is 0 Å². The van der Waals surface area contributed by atoms with Crippen LogP contribution in [0.2, 0.25) is 0 Å². The minimum Gasteiger partial charge on any atom is -0.494 e. The maximum Gasteiger partial charge on any atom is 0.251 e. The van der Waals surface area contributed by atoms with Crippen LogP contribution in [0.4, 0.5) is 0 Å². The van der Waals surface area contributed by atoms with Crippen molar-refractivity contribution in [3.63, 3.8) is 0 Å². The average molecular weight is 572 g/mol. The number of nitrogens with one attached hydrogen (secondary N) is 3. The van der Waals surface area contributed by atoms with Crippen LogP contribution in [-0.2, 0) is 18.4 Å². The molecule has 1 saturated heterocycles. The first-order valence-corrected chi connectivity index (χ1v) is 15.0. The van der Waals surface area contributed by atoms with Crippen LogP contribution in [0.5, 0.6) is 5.75 Å². The van der Waals surface area contributed by atoms with Crippen molar-refractivity contribution in [2.24, 2.45) is 12.5 Å². The third kappa shape index (κ3) is 5.12. The van der Waals surface area contributed by atoms with Crippen LogP contribution in [0.1, 0.15) is 75.0 Å². The number of rotatable bonds is 4. The molecule has 2 aliphatic heterocycles. The molecule has 10 heteroatoms. The first-order valence-electron chi connectivity index (χ1n) is 15.0. The molecule has 3 N–H and O–H groups in total. The summed E-state index contributed by atoms with van der Waals surface area (Å²) < 4.78 is 10.1. The largest absolute Gasteiger partial charge is 0.494 e. The molecule has 6 rings (SSSR count). The van der Waals surface area contributed by atoms with Crippen molar-refractivity contribution in [1.29, 1.82) is 0 Å². The molecule has 1 atom stereocenters. The van der Waals surface area contributed by atoms with Crippen LogP contribution in [0, 0.1) is 5.41 Å². The van der Waals surface area contributed by atoms with Crippen molar-refractivity contribution in [2.45, 2.75) is 71.5 Å². The molecule has 4 aromatic rings. The Morgan fingerprint density at radius 3 is 2.62 bits per heavy atom. The van der Waals surface area contributed by atoms with Gasteiger partial charge in [0.1, 0.15) is 16.9 Å². The van der Waals surface area contributed by atoms with E-state index in [2.05, 4.69) is 32.7 Å². The van der Waals surface area contributed by atoms with Crippen LogP contribution in [0.25, 0.3) is 33.6 Å². The second-order valence-electron chi connectivity index (χ2n) is 12.4. The molecule has 2 amide bonds. The number of methoxy groups -OCH3 is 1. The fourth-order valence-electron chi connectivity index (χ4n) is 6.05. The van der Waals surface area contributed by atoms with Gasteiger partial charge in [-0.15, -0.1) is 0 Å². The van der Waals surface area contributed by atoms with Gasteiger partial charge in [0, 0.05) is 43.0 Å². The fraction of sp³-hybridized carbons (Fsp3) is 0.500. The van der Waals surface area contributed by atoms with E-state index in [0.29, 0.717) is 16.8 Å². The Morgan fingerprint density at radius 1 is 1.10 bits per heavy atom. The van der Waals surface area contributed by atoms with Gasteiger partial charge in [0.2, 0.25) is 5.91 Å². The first-order chi connectivity index (χ1) is 20.2. The minimum absolute atomic E-state index is 0.0658. The van der Waals surface area contributed by atoms with Crippen molar-refractivity contribution in [3.05, 3.63) is 41.6 Å². The Balaban J connectivity index is 1.43. The van der Waals surface area contributed by atoms with E-state index in [9.17, 15) is 9.59 Å². The summed E-state index contributed by atoms with van der Waals surface area (Å²) in [6, 6.07) is 9.79. The summed E-state index contributed by atoms with van der Waals surface area (Å²) in [5.74, 6) is 1.33. The molecule has 5 heterocycles. The highest BCUT2D eigenvalue weighted by molar-refractivity contribution is 6.00. The van der Waals surface area contributed by atoms with Gasteiger partial charge in [-0.1, -0.05) is 33.1 Å². The number of imidazole rings is 1. The van der Waals surface area contributed by atoms with E-state index in [4.69, 9.17) is 14.7 Å². The van der Waals surface area contributed by atoms with E-state index in [1.165, 1.54) is 0 Å². The number of pyridine rings is 1. The Hall–Kier alpha value is -3.92. The topological polar surface area (TPSA) is 115 Å². The SMILES string of the molecule is COc1cc(C(=O)NC2CNC2)cc2nc(-c3cc4ccc5nc4n3CCCCCCC(C)(C)C(=O)N[C@@H]5C)n(C)c12. The highest BCUT2D eigenvalue weighted by Crippen LogP contribution is 2.35. The normalized spacial score (nSPS) is 19.8. The quantitative estimate of drug-likeness (QED) is 0.333. The molecule has 0 radical (unpaired) electrons. The summed E-state index contributed by atoms with van der Waals surface area (Å²) in [5.41, 5.74) is 4.34. The van der Waals surface area contributed by atoms with Crippen molar-refractivity contribution >= 4 is 33.9 Å². The standard InChI is InChI=1S/C32H41N7O3/c1-19-23-11-10-20-15-25(39(28(20)36-23)13-9-7-6-8-12-32(2,3)31(41)34-19)29-37-24-14-21(30(40)35-22-17-33-18-22)16-26(42-5)27(24)38(29)4/h10-11,14-16,19,22,33H,6-9,12-13,17-18H2,1-5H3,(H,34,41)(H,35,40)/t19-/m1/s1. The number of hydrogen-bond acceptors (Lipinski definition) is 6. The van der Waals surface area contributed by atoms with Crippen molar-refractivity contribution < 1.29 is 14.3 Å². The third-order valence-electron chi connectivity index (χ3n) is 8.87. The zero-order valence-corrected chi connectivity index (χ0v) is 25.2. The van der Waals surface area contributed by atoms with Gasteiger partial charge >= 0.3 is 0 Å². The lowest BCUT2D eigenvalue weighted by molar-refractivity contribution is -0.130. The van der Waals surface area contributed by atoms with Gasteiger partial charge in [-0.25, -0.2) is 9.97 Å². The zero-order valence-electron chi connectivity index (χ0n) is 25.2. The van der Waals surface area contributed by atoms with Crippen LogP contribution < -0.4 is 20.7 Å². The van der Waals surface area contributed by atoms with E-state index >= 15 is 0 Å². The summed E-state index contributed by atoms with van der Waals surface area (Å²) in [4.78, 5) is 36.2. The molecular formula is C32H41N7O3. The molecule has 1 aromatic carbocycles. The van der Waals surface area contributed by atoms with Crippen LogP contribution in [0.15, 0.2) is 30.3 Å². The van der Waals surface area contributed by atoms with Crippen molar-refractivity contribution in [2.75, 3.05) is 20.2 Å². The van der Waals surface area contributed by atoms with Crippen LogP contribution in [-0.4, -0.2) is 57.2 Å². The van der Waals surface area contributed by atoms with Gasteiger partial charge in [-0.3, -0.25) is 9.59 Å². The van der Waals surface area contributed by atoms with Crippen molar-refractivity contribution in [1.82, 2.24) is 35.1 Å². The summed E-state index contributed by atoms with van der Waals surface area (Å²) in [6.07, 6.45) is 5.02. The third-order valence-corrected chi connectivity index (χ3v) is 8.87. The smallest absolute Gasteiger partial charge is 0.251 e. The molecule has 10 nitrogen and oxygen atoms in total. The van der Waals surface area contributed by atoms with Gasteiger partial charge in [-0.05, 0) is 50.1 Å². The predicted octanol–water partition coefficient (Wildman–Crippen LogP) is 4.47. The van der Waals surface area contributed by atoms with E-state index in [-0.39, 0.29) is 23.9 Å². The highest BCUT2D eigenvalue weighted by Gasteiger charge is 2.29. The summed E-state index contributed by atoms with van der Waals surface area (Å²) >= 11 is 0. The second kappa shape index (κ2) is 11.1. The molecule has 2 bridgehead atoms. The van der Waals surface area contributed by atoms with Gasteiger partial charge in [-0.2, -0.15) is 0 Å². The number of aryl methyl sites for hydroxylation is 2. The van der Waals surface area contributed by atoms with Crippen molar-refractivity contribution in [3.8, 4) is 17.3 Å². The van der Waals surface area contributed by atoms with E-state index in [1.807, 2.05) is 44.5 Å². The predicted molar refractivity (Wildman–Crippen MR) is 164 cm³/mol. The molecule has 3 aromatic heterocycles. The maximum absolute atomic E-state index is 13.1. The lowest BCUT2D eigenvalue weighted by atomic mass is 9.85. The monoisotopic (exact) mass is 571 g/mol. The highest BCUT2D eigenvalue weighted by atomic mass is 16.5. The number of benzene rings is 1. The summed E-state index contributed by atoms with van der Waals surface area (Å²) in [7, 11) is 3.61. The minimum atomic E-state index is -0.411.